The van der Waals surface area contributed by atoms with Gasteiger partial charge in [-0.1, -0.05) is 18.8 Å². The first-order valence-electron chi connectivity index (χ1n) is 11.8. The Morgan fingerprint density at radius 2 is 2.03 bits per heavy atom. The van der Waals surface area contributed by atoms with E-state index in [9.17, 15) is 15.0 Å². The van der Waals surface area contributed by atoms with Crippen LogP contribution in [0, 0.1) is 23.7 Å². The number of likely N-dealkylation sites (N-methyl/N-ethyl adjacent to an activating group) is 1. The van der Waals surface area contributed by atoms with E-state index in [0.717, 1.165) is 32.6 Å². The highest BCUT2D eigenvalue weighted by atomic mass is 16.5. The van der Waals surface area contributed by atoms with Gasteiger partial charge >= 0.3 is 0 Å². The molecule has 0 aromatic carbocycles. The van der Waals surface area contributed by atoms with Crippen LogP contribution in [0.5, 0.6) is 5.88 Å². The summed E-state index contributed by atoms with van der Waals surface area (Å²) in [4.78, 5) is 21.8. The van der Waals surface area contributed by atoms with Crippen molar-refractivity contribution < 1.29 is 24.5 Å². The minimum atomic E-state index is -0.777. The van der Waals surface area contributed by atoms with Gasteiger partial charge in [-0.2, -0.15) is 0 Å². The molecule has 0 spiro atoms. The summed E-state index contributed by atoms with van der Waals surface area (Å²) in [5.41, 5.74) is 0.863. The molecule has 0 unspecified atom stereocenters. The number of aliphatic hydroxyl groups excluding tert-OH is 2. The molecule has 2 aliphatic heterocycles. The molecule has 1 amide bonds. The number of aliphatic hydroxyl groups is 2. The number of ether oxygens (including phenoxy) is 2. The number of carbonyl (C=O) groups excluding carboxylic acids is 1. The van der Waals surface area contributed by atoms with Crippen LogP contribution in [0.15, 0.2) is 12.3 Å². The largest absolute Gasteiger partial charge is 0.472 e. The summed E-state index contributed by atoms with van der Waals surface area (Å²) in [5, 5.41) is 19.3. The second-order valence-corrected chi connectivity index (χ2v) is 9.42. The van der Waals surface area contributed by atoms with Gasteiger partial charge in [-0.05, 0) is 45.7 Å². The maximum atomic E-state index is 13.4. The molecule has 1 fully saturated rings. The molecule has 1 saturated heterocycles. The van der Waals surface area contributed by atoms with Crippen molar-refractivity contribution in [3.8, 4) is 17.7 Å². The van der Waals surface area contributed by atoms with Crippen molar-refractivity contribution in [2.75, 3.05) is 46.5 Å². The van der Waals surface area contributed by atoms with Crippen molar-refractivity contribution >= 4 is 5.91 Å². The van der Waals surface area contributed by atoms with Gasteiger partial charge in [0.1, 0.15) is 17.8 Å². The smallest absolute Gasteiger partial charge is 0.259 e. The topological polar surface area (TPSA) is 95.4 Å². The standard InChI is InChI=1S/C25H37N3O5/c1-17-13-28(18(2)16-29)25(31)22-11-21(6-5-19(3)30)12-26-24(22)33-23(17)15-27(4)14-20-7-9-32-10-8-20/h11-12,17-20,23,29-30H,7-10,13-16H2,1-4H3/t17-,18-,19+,23-/m1/s1. The van der Waals surface area contributed by atoms with E-state index in [1.807, 2.05) is 6.92 Å². The van der Waals surface area contributed by atoms with Crippen LogP contribution < -0.4 is 4.74 Å². The number of hydrogen-bond donors (Lipinski definition) is 2. The highest BCUT2D eigenvalue weighted by Gasteiger charge is 2.34. The van der Waals surface area contributed by atoms with E-state index in [4.69, 9.17) is 9.47 Å². The maximum Gasteiger partial charge on any atom is 0.259 e. The van der Waals surface area contributed by atoms with E-state index in [-0.39, 0.29) is 36.5 Å². The molecular weight excluding hydrogens is 422 g/mol. The third-order valence-electron chi connectivity index (χ3n) is 6.35. The zero-order valence-corrected chi connectivity index (χ0v) is 20.2. The van der Waals surface area contributed by atoms with Crippen LogP contribution in [-0.4, -0.2) is 95.7 Å². The first-order valence-corrected chi connectivity index (χ1v) is 11.8. The number of aromatic nitrogens is 1. The highest BCUT2D eigenvalue weighted by molar-refractivity contribution is 5.97. The van der Waals surface area contributed by atoms with Crippen LogP contribution in [0.25, 0.3) is 0 Å². The summed E-state index contributed by atoms with van der Waals surface area (Å²) < 4.78 is 11.8. The predicted molar refractivity (Wildman–Crippen MR) is 125 cm³/mol. The van der Waals surface area contributed by atoms with Gasteiger partial charge in [0, 0.05) is 50.5 Å². The monoisotopic (exact) mass is 459 g/mol. The molecule has 8 nitrogen and oxygen atoms in total. The van der Waals surface area contributed by atoms with Crippen LogP contribution in [0.3, 0.4) is 0 Å². The predicted octanol–water partition coefficient (Wildman–Crippen LogP) is 1.39. The quantitative estimate of drug-likeness (QED) is 0.621. The molecule has 3 heterocycles. The lowest BCUT2D eigenvalue weighted by molar-refractivity contribution is 0.0254. The fraction of sp³-hybridized carbons (Fsp3) is 0.680. The van der Waals surface area contributed by atoms with Gasteiger partial charge < -0.3 is 29.5 Å². The lowest BCUT2D eigenvalue weighted by atomic mass is 9.97. The summed E-state index contributed by atoms with van der Waals surface area (Å²) >= 11 is 0. The Morgan fingerprint density at radius 1 is 1.30 bits per heavy atom. The summed E-state index contributed by atoms with van der Waals surface area (Å²) in [6, 6.07) is 1.33. The number of rotatable bonds is 6. The molecule has 182 valence electrons. The Balaban J connectivity index is 1.86. The van der Waals surface area contributed by atoms with Crippen molar-refractivity contribution in [1.82, 2.24) is 14.8 Å². The molecule has 3 rings (SSSR count). The SMILES string of the molecule is C[C@H](O)C#Cc1cnc2c(c1)C(=O)N([C@H](C)CO)C[C@@H](C)[C@@H](CN(C)CC1CCOCC1)O2. The Hall–Kier alpha value is -2.18. The van der Waals surface area contributed by atoms with E-state index in [2.05, 4.69) is 35.7 Å². The van der Waals surface area contributed by atoms with Crippen LogP contribution in [-0.2, 0) is 4.74 Å². The molecule has 2 N–H and O–H groups in total. The van der Waals surface area contributed by atoms with Gasteiger partial charge in [-0.3, -0.25) is 4.79 Å². The van der Waals surface area contributed by atoms with Crippen molar-refractivity contribution in [2.45, 2.75) is 51.9 Å². The van der Waals surface area contributed by atoms with E-state index >= 15 is 0 Å². The summed E-state index contributed by atoms with van der Waals surface area (Å²) in [6.07, 6.45) is 2.76. The van der Waals surface area contributed by atoms with E-state index in [0.29, 0.717) is 30.1 Å². The van der Waals surface area contributed by atoms with E-state index < -0.39 is 6.10 Å². The van der Waals surface area contributed by atoms with Crippen molar-refractivity contribution in [3.63, 3.8) is 0 Å². The molecule has 0 radical (unpaired) electrons. The molecule has 1 aromatic rings. The Kier molecular flexibility index (Phi) is 9.10. The zero-order chi connectivity index (χ0) is 24.0. The van der Waals surface area contributed by atoms with E-state index in [1.54, 1.807) is 24.1 Å². The number of carbonyl (C=O) groups is 1. The number of fused-ring (bicyclic) bond motifs is 1. The average molecular weight is 460 g/mol. The first kappa shape index (κ1) is 25.4. The fourth-order valence-corrected chi connectivity index (χ4v) is 4.33. The molecule has 0 bridgehead atoms. The lowest BCUT2D eigenvalue weighted by Crippen LogP contribution is -2.50. The first-order chi connectivity index (χ1) is 15.8. The van der Waals surface area contributed by atoms with Gasteiger partial charge in [0.2, 0.25) is 5.88 Å². The minimum Gasteiger partial charge on any atom is -0.472 e. The van der Waals surface area contributed by atoms with Crippen molar-refractivity contribution in [3.05, 3.63) is 23.4 Å². The van der Waals surface area contributed by atoms with Crippen LogP contribution in [0.2, 0.25) is 0 Å². The van der Waals surface area contributed by atoms with Crippen LogP contribution >= 0.6 is 0 Å². The molecule has 33 heavy (non-hydrogen) atoms. The Morgan fingerprint density at radius 3 is 2.70 bits per heavy atom. The Bertz CT molecular complexity index is 859. The van der Waals surface area contributed by atoms with Crippen molar-refractivity contribution in [2.24, 2.45) is 11.8 Å². The number of nitrogens with zero attached hydrogens (tertiary/aromatic N) is 3. The third-order valence-corrected chi connectivity index (χ3v) is 6.35. The molecule has 4 atom stereocenters. The second kappa shape index (κ2) is 11.8. The number of hydrogen-bond acceptors (Lipinski definition) is 7. The summed E-state index contributed by atoms with van der Waals surface area (Å²) in [5.74, 6) is 6.24. The van der Waals surface area contributed by atoms with Crippen molar-refractivity contribution in [1.29, 1.82) is 0 Å². The lowest BCUT2D eigenvalue weighted by Gasteiger charge is -2.38. The van der Waals surface area contributed by atoms with Crippen LogP contribution in [0.1, 0.15) is 49.5 Å². The molecule has 0 saturated carbocycles. The average Bonchev–Trinajstić information content (AvgIpc) is 2.80. The molecule has 8 heteroatoms. The highest BCUT2D eigenvalue weighted by Crippen LogP contribution is 2.27. The van der Waals surface area contributed by atoms with Gasteiger partial charge in [-0.15, -0.1) is 0 Å². The zero-order valence-electron chi connectivity index (χ0n) is 20.2. The van der Waals surface area contributed by atoms with Gasteiger partial charge in [-0.25, -0.2) is 4.98 Å². The van der Waals surface area contributed by atoms with Crippen LogP contribution in [0.4, 0.5) is 0 Å². The third kappa shape index (κ3) is 6.90. The normalized spacial score (nSPS) is 23.6. The van der Waals surface area contributed by atoms with Gasteiger partial charge in [0.15, 0.2) is 0 Å². The molecule has 2 aliphatic rings. The van der Waals surface area contributed by atoms with Gasteiger partial charge in [0.25, 0.3) is 5.91 Å². The van der Waals surface area contributed by atoms with Gasteiger partial charge in [0.05, 0.1) is 12.6 Å². The summed E-state index contributed by atoms with van der Waals surface area (Å²) in [7, 11) is 2.10. The molecule has 0 aliphatic carbocycles. The summed E-state index contributed by atoms with van der Waals surface area (Å²) in [6.45, 7) is 9.16. The minimum absolute atomic E-state index is 0.0461. The fourth-order valence-electron chi connectivity index (χ4n) is 4.33. The maximum absolute atomic E-state index is 13.4. The number of amides is 1. The number of pyridine rings is 1. The second-order valence-electron chi connectivity index (χ2n) is 9.42. The van der Waals surface area contributed by atoms with E-state index in [1.165, 1.54) is 0 Å². The molecule has 1 aromatic heterocycles. The Labute approximate surface area is 196 Å². The molecular formula is C25H37N3O5.